The fraction of sp³-hybridized carbons (Fsp3) is 0.769. The Balaban J connectivity index is 0. The van der Waals surface area contributed by atoms with Crippen LogP contribution in [0.15, 0.2) is 12.2 Å². The standard InChI is InChI=1S/C9H20O3.C4H6O2/c1-6(2)7(10)9(3,4)8(11)12-5;1-3(2)4(5)6/h6-8,10-11H,1-5H3;1H2,2H3,(H,5,6). The van der Waals surface area contributed by atoms with Gasteiger partial charge >= 0.3 is 5.97 Å². The lowest BCUT2D eigenvalue weighted by Crippen LogP contribution is -2.44. The highest BCUT2D eigenvalue weighted by Crippen LogP contribution is 2.30. The maximum absolute atomic E-state index is 9.72. The van der Waals surface area contributed by atoms with Crippen LogP contribution in [0.1, 0.15) is 34.6 Å². The summed E-state index contributed by atoms with van der Waals surface area (Å²) < 4.78 is 4.78. The van der Waals surface area contributed by atoms with Crippen molar-refractivity contribution >= 4 is 5.97 Å². The van der Waals surface area contributed by atoms with E-state index >= 15 is 0 Å². The molecule has 18 heavy (non-hydrogen) atoms. The number of carbonyl (C=O) groups is 1. The van der Waals surface area contributed by atoms with Crippen LogP contribution in [0, 0.1) is 11.3 Å². The van der Waals surface area contributed by atoms with Crippen LogP contribution in [-0.2, 0) is 9.53 Å². The highest BCUT2D eigenvalue weighted by atomic mass is 16.6. The van der Waals surface area contributed by atoms with Gasteiger partial charge in [0.05, 0.1) is 6.10 Å². The summed E-state index contributed by atoms with van der Waals surface area (Å²) in [7, 11) is 1.43. The van der Waals surface area contributed by atoms with Crippen molar-refractivity contribution in [3.63, 3.8) is 0 Å². The van der Waals surface area contributed by atoms with Crippen molar-refractivity contribution in [1.82, 2.24) is 0 Å². The molecule has 0 heterocycles. The van der Waals surface area contributed by atoms with Gasteiger partial charge in [0.25, 0.3) is 0 Å². The Morgan fingerprint density at radius 1 is 1.28 bits per heavy atom. The van der Waals surface area contributed by atoms with Crippen LogP contribution in [0.25, 0.3) is 0 Å². The van der Waals surface area contributed by atoms with E-state index in [2.05, 4.69) is 6.58 Å². The van der Waals surface area contributed by atoms with Crippen LogP contribution < -0.4 is 0 Å². The van der Waals surface area contributed by atoms with Crippen molar-refractivity contribution < 1.29 is 24.9 Å². The predicted molar refractivity (Wildman–Crippen MR) is 70.1 cm³/mol. The van der Waals surface area contributed by atoms with E-state index in [1.54, 1.807) is 13.8 Å². The van der Waals surface area contributed by atoms with Crippen LogP contribution in [0.3, 0.4) is 0 Å². The number of aliphatic hydroxyl groups is 2. The van der Waals surface area contributed by atoms with Crippen molar-refractivity contribution in [2.75, 3.05) is 7.11 Å². The van der Waals surface area contributed by atoms with E-state index in [-0.39, 0.29) is 11.5 Å². The summed E-state index contributed by atoms with van der Waals surface area (Å²) in [6.07, 6.45) is -1.48. The molecule has 0 aromatic rings. The molecule has 0 aromatic heterocycles. The molecule has 3 N–H and O–H groups in total. The quantitative estimate of drug-likeness (QED) is 0.518. The largest absolute Gasteiger partial charge is 0.478 e. The molecule has 2 atom stereocenters. The first kappa shape index (κ1) is 19.4. The smallest absolute Gasteiger partial charge is 0.330 e. The number of aliphatic carboxylic acids is 1. The van der Waals surface area contributed by atoms with Gasteiger partial charge in [-0.1, -0.05) is 34.3 Å². The average Bonchev–Trinajstić information content (AvgIpc) is 2.27. The number of methoxy groups -OCH3 is 1. The van der Waals surface area contributed by atoms with Crippen molar-refractivity contribution in [3.8, 4) is 0 Å². The second-order valence-corrected chi connectivity index (χ2v) is 5.18. The molecule has 0 spiro atoms. The zero-order valence-electron chi connectivity index (χ0n) is 12.1. The van der Waals surface area contributed by atoms with E-state index in [0.717, 1.165) is 0 Å². The molecule has 0 saturated carbocycles. The molecule has 5 nitrogen and oxygen atoms in total. The molecule has 0 saturated heterocycles. The number of rotatable bonds is 5. The Morgan fingerprint density at radius 2 is 1.61 bits per heavy atom. The van der Waals surface area contributed by atoms with Gasteiger partial charge in [-0.3, -0.25) is 0 Å². The van der Waals surface area contributed by atoms with E-state index in [1.807, 2.05) is 13.8 Å². The van der Waals surface area contributed by atoms with Gasteiger partial charge in [-0.25, -0.2) is 4.79 Å². The van der Waals surface area contributed by atoms with Gasteiger partial charge < -0.3 is 20.1 Å². The molecule has 108 valence electrons. The molecule has 2 unspecified atom stereocenters. The molecule has 0 aromatic carbocycles. The number of aliphatic hydroxyl groups excluding tert-OH is 2. The van der Waals surface area contributed by atoms with Gasteiger partial charge in [0.2, 0.25) is 0 Å². The molecule has 0 amide bonds. The summed E-state index contributed by atoms with van der Waals surface area (Å²) in [6, 6.07) is 0. The van der Waals surface area contributed by atoms with E-state index in [9.17, 15) is 15.0 Å². The molecule has 0 aliphatic carbocycles. The van der Waals surface area contributed by atoms with Crippen LogP contribution >= 0.6 is 0 Å². The van der Waals surface area contributed by atoms with Crippen LogP contribution in [0.5, 0.6) is 0 Å². The van der Waals surface area contributed by atoms with E-state index in [4.69, 9.17) is 9.84 Å². The molecule has 0 bridgehead atoms. The summed E-state index contributed by atoms with van der Waals surface area (Å²) in [4.78, 5) is 9.60. The van der Waals surface area contributed by atoms with Crippen molar-refractivity contribution in [2.45, 2.75) is 47.0 Å². The summed E-state index contributed by atoms with van der Waals surface area (Å²) in [5.74, 6) is -0.820. The Kier molecular flexibility index (Phi) is 8.89. The van der Waals surface area contributed by atoms with Gasteiger partial charge in [0.15, 0.2) is 6.29 Å². The van der Waals surface area contributed by atoms with Crippen molar-refractivity contribution in [2.24, 2.45) is 11.3 Å². The first-order valence-electron chi connectivity index (χ1n) is 5.76. The topological polar surface area (TPSA) is 87.0 Å². The molecule has 0 fully saturated rings. The monoisotopic (exact) mass is 262 g/mol. The van der Waals surface area contributed by atoms with E-state index in [1.165, 1.54) is 14.0 Å². The summed E-state index contributed by atoms with van der Waals surface area (Å²) in [5.41, 5.74) is -0.446. The van der Waals surface area contributed by atoms with Gasteiger partial charge in [-0.15, -0.1) is 0 Å². The first-order chi connectivity index (χ1) is 7.98. The lowest BCUT2D eigenvalue weighted by molar-refractivity contribution is -0.187. The maximum atomic E-state index is 9.72. The molecule has 0 aliphatic heterocycles. The van der Waals surface area contributed by atoms with Gasteiger partial charge in [-0.05, 0) is 12.8 Å². The van der Waals surface area contributed by atoms with Crippen LogP contribution in [-0.4, -0.2) is 40.8 Å². The average molecular weight is 262 g/mol. The Morgan fingerprint density at radius 3 is 1.78 bits per heavy atom. The Hall–Kier alpha value is -0.910. The SMILES string of the molecule is C=C(C)C(=O)O.COC(O)C(C)(C)C(O)C(C)C. The second kappa shape index (κ2) is 8.24. The lowest BCUT2D eigenvalue weighted by Gasteiger charge is -2.36. The maximum Gasteiger partial charge on any atom is 0.330 e. The Labute approximate surface area is 109 Å². The zero-order chi connectivity index (χ0) is 15.1. The van der Waals surface area contributed by atoms with Gasteiger partial charge in [-0.2, -0.15) is 0 Å². The molecule has 5 heteroatoms. The minimum absolute atomic E-state index is 0.116. The van der Waals surface area contributed by atoms with Gasteiger partial charge in [0.1, 0.15) is 0 Å². The fourth-order valence-electron chi connectivity index (χ4n) is 1.31. The van der Waals surface area contributed by atoms with Crippen LogP contribution in [0.2, 0.25) is 0 Å². The van der Waals surface area contributed by atoms with Crippen LogP contribution in [0.4, 0.5) is 0 Å². The minimum Gasteiger partial charge on any atom is -0.478 e. The summed E-state index contributed by atoms with van der Waals surface area (Å²) in [6.45, 7) is 12.0. The third-order valence-corrected chi connectivity index (χ3v) is 2.62. The molecule has 0 radical (unpaired) electrons. The van der Waals surface area contributed by atoms with E-state index < -0.39 is 23.8 Å². The molecule has 0 aliphatic rings. The number of ether oxygens (including phenoxy) is 1. The Bertz CT molecular complexity index is 259. The number of carboxylic acids is 1. The van der Waals surface area contributed by atoms with Gasteiger partial charge in [0, 0.05) is 18.1 Å². The number of hydrogen-bond donors (Lipinski definition) is 3. The third-order valence-electron chi connectivity index (χ3n) is 2.62. The minimum atomic E-state index is -0.935. The number of carboxylic acid groups (broad SMARTS) is 1. The first-order valence-corrected chi connectivity index (χ1v) is 5.76. The summed E-state index contributed by atoms with van der Waals surface area (Å²) >= 11 is 0. The van der Waals surface area contributed by atoms with E-state index in [0.29, 0.717) is 0 Å². The normalized spacial score (nSPS) is 14.5. The summed E-state index contributed by atoms with van der Waals surface area (Å²) in [5, 5.41) is 27.0. The molecular weight excluding hydrogens is 236 g/mol. The highest BCUT2D eigenvalue weighted by molar-refractivity contribution is 5.84. The fourth-order valence-corrected chi connectivity index (χ4v) is 1.31. The predicted octanol–water partition coefficient (Wildman–Crippen LogP) is 1.64. The lowest BCUT2D eigenvalue weighted by atomic mass is 9.80. The van der Waals surface area contributed by atoms with Crippen molar-refractivity contribution in [1.29, 1.82) is 0 Å². The molecule has 0 rings (SSSR count). The van der Waals surface area contributed by atoms with Crippen molar-refractivity contribution in [3.05, 3.63) is 12.2 Å². The number of hydrogen-bond acceptors (Lipinski definition) is 4. The molecular formula is C13H26O5. The zero-order valence-corrected chi connectivity index (χ0v) is 12.1. The third kappa shape index (κ3) is 6.74. The highest BCUT2D eigenvalue weighted by Gasteiger charge is 2.37. The second-order valence-electron chi connectivity index (χ2n) is 5.18.